The van der Waals surface area contributed by atoms with Crippen LogP contribution in [0.25, 0.3) is 22.2 Å². The summed E-state index contributed by atoms with van der Waals surface area (Å²) in [5.41, 5.74) is 3.66. The summed E-state index contributed by atoms with van der Waals surface area (Å²) in [4.78, 5) is 13.3. The van der Waals surface area contributed by atoms with Gasteiger partial charge in [0.05, 0.1) is 17.5 Å². The number of hydrogen-bond acceptors (Lipinski definition) is 5. The molecule has 0 amide bonds. The van der Waals surface area contributed by atoms with Crippen molar-refractivity contribution in [2.45, 2.75) is 34.2 Å². The Labute approximate surface area is 179 Å². The van der Waals surface area contributed by atoms with E-state index in [9.17, 15) is 4.79 Å². The second-order valence-electron chi connectivity index (χ2n) is 6.39. The summed E-state index contributed by atoms with van der Waals surface area (Å²) in [5.74, 6) is 0. The average Bonchev–Trinajstić information content (AvgIpc) is 3.18. The Morgan fingerprint density at radius 2 is 1.87 bits per heavy atom. The Balaban J connectivity index is 0.00000124. The largest absolute Gasteiger partial charge is 0.422 e. The second-order valence-corrected chi connectivity index (χ2v) is 7.23. The van der Waals surface area contributed by atoms with E-state index in [1.165, 1.54) is 11.3 Å². The topological polar surface area (TPSA) is 59.9 Å². The lowest BCUT2D eigenvalue weighted by Gasteiger charge is -2.06. The third-order valence-corrected chi connectivity index (χ3v) is 5.28. The summed E-state index contributed by atoms with van der Waals surface area (Å²) >= 11 is 1.45. The van der Waals surface area contributed by atoms with Gasteiger partial charge in [0.15, 0.2) is 0 Å². The van der Waals surface area contributed by atoms with Crippen LogP contribution in [0.2, 0.25) is 0 Å². The lowest BCUT2D eigenvalue weighted by molar-refractivity contribution is 0.562. The normalized spacial score (nSPS) is 11.7. The molecule has 0 aliphatic rings. The molecule has 0 bridgehead atoms. The number of aryl methyl sites for hydroxylation is 1. The molecule has 2 aromatic heterocycles. The van der Waals surface area contributed by atoms with E-state index < -0.39 is 0 Å². The lowest BCUT2D eigenvalue weighted by atomic mass is 10.1. The number of rotatable bonds is 4. The van der Waals surface area contributed by atoms with Crippen molar-refractivity contribution in [3.8, 4) is 11.3 Å². The maximum atomic E-state index is 12.6. The van der Waals surface area contributed by atoms with Gasteiger partial charge in [-0.3, -0.25) is 0 Å². The molecule has 4 rings (SSSR count). The van der Waals surface area contributed by atoms with Crippen molar-refractivity contribution in [1.82, 2.24) is 4.57 Å². The van der Waals surface area contributed by atoms with Crippen LogP contribution in [0, 0.1) is 6.92 Å². The average molecular weight is 420 g/mol. The maximum absolute atomic E-state index is 12.6. The molecule has 0 N–H and O–H groups in total. The van der Waals surface area contributed by atoms with Gasteiger partial charge in [0, 0.05) is 17.3 Å². The fraction of sp³-hybridized carbons (Fsp3) is 0.208. The van der Waals surface area contributed by atoms with E-state index in [0.29, 0.717) is 17.7 Å². The smallest absolute Gasteiger partial charge is 0.345 e. The molecule has 0 radical (unpaired) electrons. The first-order valence-corrected chi connectivity index (χ1v) is 10.9. The second kappa shape index (κ2) is 9.98. The van der Waals surface area contributed by atoms with E-state index in [1.807, 2.05) is 92.2 Å². The highest BCUT2D eigenvalue weighted by molar-refractivity contribution is 7.07. The molecule has 4 aromatic rings. The quantitative estimate of drug-likeness (QED) is 0.245. The third-order valence-electron chi connectivity index (χ3n) is 4.43. The number of hydrogen-bond donors (Lipinski definition) is 0. The van der Waals surface area contributed by atoms with Gasteiger partial charge in [0.1, 0.15) is 5.58 Å². The summed E-state index contributed by atoms with van der Waals surface area (Å²) < 4.78 is 7.50. The van der Waals surface area contributed by atoms with Gasteiger partial charge in [-0.1, -0.05) is 55.8 Å². The lowest BCUT2D eigenvalue weighted by Crippen LogP contribution is -2.16. The zero-order valence-corrected chi connectivity index (χ0v) is 18.4. The van der Waals surface area contributed by atoms with Crippen LogP contribution in [0.3, 0.4) is 0 Å². The number of aromatic nitrogens is 1. The molecule has 0 spiro atoms. The van der Waals surface area contributed by atoms with E-state index in [0.717, 1.165) is 27.0 Å². The van der Waals surface area contributed by atoms with E-state index in [-0.39, 0.29) is 5.63 Å². The summed E-state index contributed by atoms with van der Waals surface area (Å²) in [6, 6.07) is 17.5. The molecule has 0 unspecified atom stereocenters. The summed E-state index contributed by atoms with van der Waals surface area (Å²) in [7, 11) is 0. The van der Waals surface area contributed by atoms with Crippen LogP contribution in [-0.4, -0.2) is 10.8 Å². The van der Waals surface area contributed by atoms with Gasteiger partial charge in [-0.15, -0.1) is 16.4 Å². The Morgan fingerprint density at radius 3 is 2.60 bits per heavy atom. The van der Waals surface area contributed by atoms with Crippen LogP contribution in [0.1, 0.15) is 31.9 Å². The van der Waals surface area contributed by atoms with Gasteiger partial charge in [0.2, 0.25) is 4.80 Å². The Bertz CT molecular complexity index is 1280. The predicted octanol–water partition coefficient (Wildman–Crippen LogP) is 5.61. The van der Waals surface area contributed by atoms with Crippen LogP contribution >= 0.6 is 11.3 Å². The van der Waals surface area contributed by atoms with Crippen molar-refractivity contribution in [2.24, 2.45) is 10.2 Å². The molecule has 6 heteroatoms. The van der Waals surface area contributed by atoms with E-state index in [4.69, 9.17) is 4.42 Å². The fourth-order valence-electron chi connectivity index (χ4n) is 3.04. The van der Waals surface area contributed by atoms with Crippen LogP contribution in [0.5, 0.6) is 0 Å². The van der Waals surface area contributed by atoms with Gasteiger partial charge < -0.3 is 8.98 Å². The van der Waals surface area contributed by atoms with Crippen molar-refractivity contribution >= 4 is 28.5 Å². The molecule has 30 heavy (non-hydrogen) atoms. The van der Waals surface area contributed by atoms with Crippen LogP contribution in [-0.2, 0) is 6.54 Å². The van der Waals surface area contributed by atoms with Gasteiger partial charge in [-0.25, -0.2) is 4.79 Å². The molecule has 0 saturated heterocycles. The van der Waals surface area contributed by atoms with Gasteiger partial charge in [-0.2, -0.15) is 5.10 Å². The SMILES string of the molecule is CC.CCn1c(-c2cc3cc(C)ccc3oc2=O)cs/c1=N/N=Cc1ccccc1. The molecule has 2 aromatic carbocycles. The minimum absolute atomic E-state index is 0.351. The summed E-state index contributed by atoms with van der Waals surface area (Å²) in [5, 5.41) is 11.4. The molecular formula is C24H25N3O2S. The minimum Gasteiger partial charge on any atom is -0.422 e. The first-order valence-electron chi connectivity index (χ1n) is 10.0. The molecule has 0 aliphatic heterocycles. The summed E-state index contributed by atoms with van der Waals surface area (Å²) in [6.07, 6.45) is 1.71. The zero-order valence-electron chi connectivity index (χ0n) is 17.6. The maximum Gasteiger partial charge on any atom is 0.345 e. The van der Waals surface area contributed by atoms with Crippen molar-refractivity contribution in [3.05, 3.63) is 86.3 Å². The van der Waals surface area contributed by atoms with Crippen LogP contribution in [0.15, 0.2) is 79.4 Å². The molecular weight excluding hydrogens is 394 g/mol. The van der Waals surface area contributed by atoms with E-state index in [2.05, 4.69) is 10.2 Å². The highest BCUT2D eigenvalue weighted by Gasteiger charge is 2.13. The van der Waals surface area contributed by atoms with Gasteiger partial charge >= 0.3 is 5.63 Å². The van der Waals surface area contributed by atoms with E-state index >= 15 is 0 Å². The molecule has 0 aliphatic carbocycles. The van der Waals surface area contributed by atoms with Crippen molar-refractivity contribution in [3.63, 3.8) is 0 Å². The number of benzene rings is 2. The zero-order chi connectivity index (χ0) is 21.5. The fourth-order valence-corrected chi connectivity index (χ4v) is 3.96. The number of thiazole rings is 1. The molecule has 0 atom stereocenters. The first kappa shape index (κ1) is 21.5. The van der Waals surface area contributed by atoms with Crippen molar-refractivity contribution < 1.29 is 4.42 Å². The van der Waals surface area contributed by atoms with E-state index in [1.54, 1.807) is 6.21 Å². The standard InChI is InChI=1S/C22H19N3O2S.C2H6/c1-3-25-19(14-28-22(25)24-23-13-16-7-5-4-6-8-16)18-12-17-11-15(2)9-10-20(17)27-21(18)26;1-2/h4-14H,3H2,1-2H3;1-2H3/b23-13?,24-22+;. The summed E-state index contributed by atoms with van der Waals surface area (Å²) in [6.45, 7) is 8.70. The third kappa shape index (κ3) is 4.66. The molecule has 154 valence electrons. The highest BCUT2D eigenvalue weighted by atomic mass is 32.1. The first-order chi connectivity index (χ1) is 14.7. The number of nitrogens with zero attached hydrogens (tertiary/aromatic N) is 3. The Morgan fingerprint density at radius 1 is 1.10 bits per heavy atom. The Hall–Kier alpha value is -3.25. The molecule has 0 fully saturated rings. The van der Waals surface area contributed by atoms with Crippen molar-refractivity contribution in [1.29, 1.82) is 0 Å². The minimum atomic E-state index is -0.351. The van der Waals surface area contributed by atoms with Crippen LogP contribution < -0.4 is 10.4 Å². The molecule has 2 heterocycles. The molecule has 0 saturated carbocycles. The van der Waals surface area contributed by atoms with Crippen LogP contribution in [0.4, 0.5) is 0 Å². The molecule has 5 nitrogen and oxygen atoms in total. The monoisotopic (exact) mass is 419 g/mol. The predicted molar refractivity (Wildman–Crippen MR) is 125 cm³/mol. The van der Waals surface area contributed by atoms with Crippen molar-refractivity contribution in [2.75, 3.05) is 0 Å². The Kier molecular flexibility index (Phi) is 7.14. The highest BCUT2D eigenvalue weighted by Crippen LogP contribution is 2.22. The number of fused-ring (bicyclic) bond motifs is 1. The van der Waals surface area contributed by atoms with Gasteiger partial charge in [0.25, 0.3) is 0 Å². The van der Waals surface area contributed by atoms with Gasteiger partial charge in [-0.05, 0) is 37.6 Å².